The number of hydrogen-bond donors (Lipinski definition) is 0. The van der Waals surface area contributed by atoms with Crippen molar-refractivity contribution < 1.29 is 19.1 Å². The molecule has 3 aromatic rings. The lowest BCUT2D eigenvalue weighted by Crippen LogP contribution is -2.10. The Labute approximate surface area is 164 Å². The highest BCUT2D eigenvalue weighted by atomic mass is 16.5. The second-order valence-corrected chi connectivity index (χ2v) is 6.17. The van der Waals surface area contributed by atoms with E-state index in [-0.39, 0.29) is 24.5 Å². The molecule has 0 aliphatic carbocycles. The van der Waals surface area contributed by atoms with Crippen LogP contribution >= 0.6 is 0 Å². The minimum Gasteiger partial charge on any atom is -0.489 e. The van der Waals surface area contributed by atoms with Crippen molar-refractivity contribution in [1.29, 1.82) is 0 Å². The van der Waals surface area contributed by atoms with Crippen LogP contribution in [0.1, 0.15) is 38.9 Å². The predicted octanol–water partition coefficient (Wildman–Crippen LogP) is 4.26. The van der Waals surface area contributed by atoms with E-state index in [1.807, 2.05) is 54.6 Å². The Morgan fingerprint density at radius 2 is 1.68 bits per heavy atom. The maximum atomic E-state index is 12.5. The lowest BCUT2D eigenvalue weighted by molar-refractivity contribution is 0.0526. The average molecular weight is 375 g/mol. The molecule has 1 aromatic heterocycles. The Hall–Kier alpha value is -3.47. The summed E-state index contributed by atoms with van der Waals surface area (Å²) in [7, 11) is 0. The highest BCUT2D eigenvalue weighted by Gasteiger charge is 2.13. The van der Waals surface area contributed by atoms with Gasteiger partial charge in [0.2, 0.25) is 0 Å². The molecule has 0 amide bonds. The number of hydrogen-bond acceptors (Lipinski definition) is 5. The Kier molecular flexibility index (Phi) is 6.52. The number of aromatic nitrogens is 1. The molecular formula is C23H21NO4. The van der Waals surface area contributed by atoms with Crippen LogP contribution in [0.25, 0.3) is 0 Å². The molecule has 0 radical (unpaired) electrons. The van der Waals surface area contributed by atoms with Crippen molar-refractivity contribution in [2.75, 3.05) is 6.61 Å². The van der Waals surface area contributed by atoms with Gasteiger partial charge in [-0.2, -0.15) is 0 Å². The third-order valence-electron chi connectivity index (χ3n) is 4.09. The predicted molar refractivity (Wildman–Crippen MR) is 105 cm³/mol. The molecule has 5 heteroatoms. The van der Waals surface area contributed by atoms with Crippen LogP contribution < -0.4 is 4.74 Å². The summed E-state index contributed by atoms with van der Waals surface area (Å²) in [4.78, 5) is 28.4. The molecule has 0 N–H and O–H groups in total. The van der Waals surface area contributed by atoms with Gasteiger partial charge in [-0.1, -0.05) is 42.5 Å². The van der Waals surface area contributed by atoms with Gasteiger partial charge >= 0.3 is 5.97 Å². The Morgan fingerprint density at radius 1 is 0.929 bits per heavy atom. The molecule has 0 bridgehead atoms. The minimum absolute atomic E-state index is 0.163. The highest BCUT2D eigenvalue weighted by Crippen LogP contribution is 2.16. The monoisotopic (exact) mass is 375 g/mol. The van der Waals surface area contributed by atoms with Gasteiger partial charge in [-0.25, -0.2) is 4.79 Å². The fraction of sp³-hybridized carbons (Fsp3) is 0.174. The maximum absolute atomic E-state index is 12.5. The highest BCUT2D eigenvalue weighted by molar-refractivity contribution is 5.98. The van der Waals surface area contributed by atoms with Gasteiger partial charge in [0.1, 0.15) is 18.1 Å². The van der Waals surface area contributed by atoms with Crippen LogP contribution in [0.15, 0.2) is 72.9 Å². The summed E-state index contributed by atoms with van der Waals surface area (Å²) in [6, 6.07) is 20.3. The van der Waals surface area contributed by atoms with Crippen LogP contribution in [0.2, 0.25) is 0 Å². The summed E-state index contributed by atoms with van der Waals surface area (Å²) < 4.78 is 10.7. The smallest absolute Gasteiger partial charge is 0.338 e. The van der Waals surface area contributed by atoms with Gasteiger partial charge < -0.3 is 9.47 Å². The van der Waals surface area contributed by atoms with Gasteiger partial charge in [0.25, 0.3) is 0 Å². The van der Waals surface area contributed by atoms with Crippen LogP contribution in [0.5, 0.6) is 5.75 Å². The van der Waals surface area contributed by atoms with Gasteiger partial charge in [-0.15, -0.1) is 0 Å². The van der Waals surface area contributed by atoms with E-state index in [0.717, 1.165) is 16.9 Å². The standard InChI is InChI=1S/C23H21NO4/c1-2-27-23(26)19-12-13-24-21(15-19)22(25)14-17-8-10-20(11-9-17)28-16-18-6-4-3-5-7-18/h3-13,15H,2,14,16H2,1H3. The van der Waals surface area contributed by atoms with E-state index in [2.05, 4.69) is 4.98 Å². The van der Waals surface area contributed by atoms with Crippen LogP contribution in [0, 0.1) is 0 Å². The first-order valence-corrected chi connectivity index (χ1v) is 9.07. The van der Waals surface area contributed by atoms with E-state index in [4.69, 9.17) is 9.47 Å². The molecule has 0 aliphatic heterocycles. The topological polar surface area (TPSA) is 65.5 Å². The molecule has 1 heterocycles. The quantitative estimate of drug-likeness (QED) is 0.435. The molecule has 0 atom stereocenters. The first-order valence-electron chi connectivity index (χ1n) is 9.07. The number of ether oxygens (including phenoxy) is 2. The molecule has 0 aliphatic rings. The Balaban J connectivity index is 1.60. The van der Waals surface area contributed by atoms with E-state index >= 15 is 0 Å². The van der Waals surface area contributed by atoms with Crippen LogP contribution in [0.4, 0.5) is 0 Å². The normalized spacial score (nSPS) is 10.3. The third kappa shape index (κ3) is 5.27. The molecule has 2 aromatic carbocycles. The van der Waals surface area contributed by atoms with Crippen LogP contribution in [-0.4, -0.2) is 23.3 Å². The van der Waals surface area contributed by atoms with Gasteiger partial charge in [-0.3, -0.25) is 9.78 Å². The molecule has 142 valence electrons. The van der Waals surface area contributed by atoms with Crippen LogP contribution in [0.3, 0.4) is 0 Å². The van der Waals surface area contributed by atoms with Gasteiger partial charge in [0.05, 0.1) is 12.2 Å². The molecule has 0 saturated carbocycles. The zero-order valence-corrected chi connectivity index (χ0v) is 15.6. The van der Waals surface area contributed by atoms with Crippen molar-refractivity contribution in [1.82, 2.24) is 4.98 Å². The number of rotatable bonds is 8. The summed E-state index contributed by atoms with van der Waals surface area (Å²) >= 11 is 0. The number of ketones is 1. The number of benzene rings is 2. The number of esters is 1. The molecule has 3 rings (SSSR count). The number of pyridine rings is 1. The second-order valence-electron chi connectivity index (χ2n) is 6.17. The Bertz CT molecular complexity index is 936. The minimum atomic E-state index is -0.459. The molecular weight excluding hydrogens is 354 g/mol. The Morgan fingerprint density at radius 3 is 2.39 bits per heavy atom. The number of nitrogens with zero attached hydrogens (tertiary/aromatic N) is 1. The number of carbonyl (C=O) groups excluding carboxylic acids is 2. The summed E-state index contributed by atoms with van der Waals surface area (Å²) in [5, 5.41) is 0. The summed E-state index contributed by atoms with van der Waals surface area (Å²) in [6.45, 7) is 2.51. The summed E-state index contributed by atoms with van der Waals surface area (Å²) in [5.74, 6) is 0.116. The van der Waals surface area contributed by atoms with Crippen molar-refractivity contribution in [2.24, 2.45) is 0 Å². The largest absolute Gasteiger partial charge is 0.489 e. The van der Waals surface area contributed by atoms with Gasteiger partial charge in [0, 0.05) is 12.6 Å². The van der Waals surface area contributed by atoms with E-state index in [1.54, 1.807) is 6.92 Å². The van der Waals surface area contributed by atoms with E-state index in [0.29, 0.717) is 12.2 Å². The first-order chi connectivity index (χ1) is 13.7. The SMILES string of the molecule is CCOC(=O)c1ccnc(C(=O)Cc2ccc(OCc3ccccc3)cc2)c1. The van der Waals surface area contributed by atoms with Crippen molar-refractivity contribution in [2.45, 2.75) is 20.0 Å². The number of Topliss-reactive ketones (excluding diaryl/α,β-unsaturated/α-hetero) is 1. The molecule has 0 fully saturated rings. The maximum Gasteiger partial charge on any atom is 0.338 e. The van der Waals surface area contributed by atoms with Crippen molar-refractivity contribution >= 4 is 11.8 Å². The fourth-order valence-electron chi connectivity index (χ4n) is 2.64. The zero-order chi connectivity index (χ0) is 19.8. The fourth-order valence-corrected chi connectivity index (χ4v) is 2.64. The van der Waals surface area contributed by atoms with Crippen molar-refractivity contribution in [3.05, 3.63) is 95.3 Å². The van der Waals surface area contributed by atoms with Crippen LogP contribution in [-0.2, 0) is 17.8 Å². The number of carbonyl (C=O) groups is 2. The first kappa shape index (κ1) is 19.3. The summed E-state index contributed by atoms with van der Waals surface area (Å²) in [5.41, 5.74) is 2.51. The average Bonchev–Trinajstić information content (AvgIpc) is 2.74. The van der Waals surface area contributed by atoms with Gasteiger partial charge in [0.15, 0.2) is 5.78 Å². The third-order valence-corrected chi connectivity index (χ3v) is 4.09. The lowest BCUT2D eigenvalue weighted by atomic mass is 10.1. The van der Waals surface area contributed by atoms with Crippen molar-refractivity contribution in [3.63, 3.8) is 0 Å². The van der Waals surface area contributed by atoms with E-state index in [1.165, 1.54) is 18.3 Å². The summed E-state index contributed by atoms with van der Waals surface area (Å²) in [6.07, 6.45) is 1.64. The molecule has 5 nitrogen and oxygen atoms in total. The molecule has 28 heavy (non-hydrogen) atoms. The van der Waals surface area contributed by atoms with E-state index < -0.39 is 5.97 Å². The zero-order valence-electron chi connectivity index (χ0n) is 15.6. The molecule has 0 spiro atoms. The molecule has 0 saturated heterocycles. The lowest BCUT2D eigenvalue weighted by Gasteiger charge is -2.07. The second kappa shape index (κ2) is 9.46. The van der Waals surface area contributed by atoms with E-state index in [9.17, 15) is 9.59 Å². The molecule has 0 unspecified atom stereocenters. The van der Waals surface area contributed by atoms with Gasteiger partial charge in [-0.05, 0) is 42.3 Å². The van der Waals surface area contributed by atoms with Crippen molar-refractivity contribution in [3.8, 4) is 5.75 Å².